The number of hydrogen-bond donors (Lipinski definition) is 1. The maximum atomic E-state index is 12.3. The van der Waals surface area contributed by atoms with E-state index in [1.54, 1.807) is 0 Å². The molecule has 0 radical (unpaired) electrons. The Morgan fingerprint density at radius 2 is 1.89 bits per heavy atom. The van der Waals surface area contributed by atoms with Gasteiger partial charge >= 0.3 is 12.1 Å². The molecule has 100 valence electrons. The van der Waals surface area contributed by atoms with Crippen LogP contribution in [0.1, 0.15) is 16.1 Å². The fraction of sp³-hybridized carbons (Fsp3) is 0.0909. The number of hydrogen-bond acceptors (Lipinski definition) is 5. The van der Waals surface area contributed by atoms with Crippen molar-refractivity contribution < 1.29 is 27.2 Å². The van der Waals surface area contributed by atoms with Gasteiger partial charge in [-0.1, -0.05) is 5.16 Å². The molecular formula is C11H7F3N2O3. The number of nitrogen functional groups attached to an aromatic ring is 1. The van der Waals surface area contributed by atoms with Gasteiger partial charge < -0.3 is 15.0 Å². The van der Waals surface area contributed by atoms with Crippen molar-refractivity contribution >= 4 is 11.9 Å². The van der Waals surface area contributed by atoms with E-state index in [4.69, 9.17) is 10.5 Å². The van der Waals surface area contributed by atoms with Crippen molar-refractivity contribution in [2.45, 2.75) is 6.18 Å². The monoisotopic (exact) mass is 272 g/mol. The molecule has 0 atom stereocenters. The van der Waals surface area contributed by atoms with Crippen LogP contribution in [0.25, 0.3) is 0 Å². The number of ether oxygens (including phenoxy) is 1. The Balaban J connectivity index is 2.10. The second-order valence-electron chi connectivity index (χ2n) is 3.53. The van der Waals surface area contributed by atoms with Crippen molar-refractivity contribution in [1.82, 2.24) is 5.16 Å². The van der Waals surface area contributed by atoms with Gasteiger partial charge in [0.25, 0.3) is 0 Å². The van der Waals surface area contributed by atoms with E-state index in [1.807, 2.05) is 0 Å². The Morgan fingerprint density at radius 3 is 2.37 bits per heavy atom. The molecule has 1 aromatic carbocycles. The van der Waals surface area contributed by atoms with E-state index in [2.05, 4.69) is 9.68 Å². The number of carbonyl (C=O) groups is 1. The SMILES string of the molecule is Nc1cc(C(=O)Oc2ccc(C(F)(F)F)cc2)no1. The van der Waals surface area contributed by atoms with Gasteiger partial charge in [-0.25, -0.2) is 4.79 Å². The van der Waals surface area contributed by atoms with Gasteiger partial charge in [0.1, 0.15) is 5.75 Å². The lowest BCUT2D eigenvalue weighted by Crippen LogP contribution is -2.09. The maximum absolute atomic E-state index is 12.3. The van der Waals surface area contributed by atoms with Crippen molar-refractivity contribution in [3.8, 4) is 5.75 Å². The average Bonchev–Trinajstić information content (AvgIpc) is 2.75. The fourth-order valence-electron chi connectivity index (χ4n) is 1.26. The third-order valence-corrected chi connectivity index (χ3v) is 2.13. The summed E-state index contributed by atoms with van der Waals surface area (Å²) < 4.78 is 46.2. The number of benzene rings is 1. The molecular weight excluding hydrogens is 265 g/mol. The normalized spacial score (nSPS) is 11.3. The molecule has 1 heterocycles. The highest BCUT2D eigenvalue weighted by Crippen LogP contribution is 2.30. The smallest absolute Gasteiger partial charge is 0.416 e. The zero-order chi connectivity index (χ0) is 14.0. The molecule has 0 aliphatic rings. The molecule has 2 aromatic rings. The van der Waals surface area contributed by atoms with Crippen LogP contribution < -0.4 is 10.5 Å². The van der Waals surface area contributed by atoms with Crippen molar-refractivity contribution in [1.29, 1.82) is 0 Å². The lowest BCUT2D eigenvalue weighted by Gasteiger charge is -2.07. The Morgan fingerprint density at radius 1 is 1.26 bits per heavy atom. The van der Waals surface area contributed by atoms with Gasteiger partial charge in [-0.2, -0.15) is 13.2 Å². The third kappa shape index (κ3) is 3.03. The number of rotatable bonds is 2. The number of nitrogens with zero attached hydrogens (tertiary/aromatic N) is 1. The first-order valence-electron chi connectivity index (χ1n) is 4.98. The molecule has 0 amide bonds. The van der Waals surface area contributed by atoms with E-state index in [9.17, 15) is 18.0 Å². The van der Waals surface area contributed by atoms with Crippen LogP contribution in [-0.4, -0.2) is 11.1 Å². The summed E-state index contributed by atoms with van der Waals surface area (Å²) in [7, 11) is 0. The largest absolute Gasteiger partial charge is 0.422 e. The summed E-state index contributed by atoms with van der Waals surface area (Å²) in [6.07, 6.45) is -4.44. The van der Waals surface area contributed by atoms with Gasteiger partial charge in [0.05, 0.1) is 5.56 Å². The molecule has 2 N–H and O–H groups in total. The Kier molecular flexibility index (Phi) is 3.16. The first kappa shape index (κ1) is 12.9. The van der Waals surface area contributed by atoms with Gasteiger partial charge in [0, 0.05) is 6.07 Å². The number of nitrogens with two attached hydrogens (primary N) is 1. The molecule has 0 spiro atoms. The van der Waals surface area contributed by atoms with Crippen LogP contribution in [0.4, 0.5) is 19.1 Å². The molecule has 2 rings (SSSR count). The standard InChI is InChI=1S/C11H7F3N2O3/c12-11(13,14)6-1-3-7(4-2-6)18-10(17)8-5-9(15)19-16-8/h1-5H,15H2. The van der Waals surface area contributed by atoms with Crippen LogP contribution in [0.15, 0.2) is 34.9 Å². The summed E-state index contributed by atoms with van der Waals surface area (Å²) in [5.41, 5.74) is 4.21. The van der Waals surface area contributed by atoms with E-state index in [0.29, 0.717) is 0 Å². The highest BCUT2D eigenvalue weighted by Gasteiger charge is 2.30. The first-order valence-corrected chi connectivity index (χ1v) is 4.98. The molecule has 1 aromatic heterocycles. The quantitative estimate of drug-likeness (QED) is 0.671. The number of esters is 1. The predicted molar refractivity (Wildman–Crippen MR) is 57.3 cm³/mol. The van der Waals surface area contributed by atoms with Gasteiger partial charge in [-0.05, 0) is 24.3 Å². The lowest BCUT2D eigenvalue weighted by molar-refractivity contribution is -0.137. The summed E-state index contributed by atoms with van der Waals surface area (Å²) in [5.74, 6) is -0.987. The number of carbonyl (C=O) groups excluding carboxylic acids is 1. The van der Waals surface area contributed by atoms with Crippen molar-refractivity contribution in [2.24, 2.45) is 0 Å². The second-order valence-corrected chi connectivity index (χ2v) is 3.53. The van der Waals surface area contributed by atoms with Crippen molar-refractivity contribution in [3.05, 3.63) is 41.6 Å². The molecule has 5 nitrogen and oxygen atoms in total. The van der Waals surface area contributed by atoms with Crippen LogP contribution in [0.2, 0.25) is 0 Å². The van der Waals surface area contributed by atoms with E-state index < -0.39 is 17.7 Å². The maximum Gasteiger partial charge on any atom is 0.416 e. The minimum absolute atomic E-state index is 0.0421. The zero-order valence-corrected chi connectivity index (χ0v) is 9.27. The van der Waals surface area contributed by atoms with Gasteiger partial charge in [-0.15, -0.1) is 0 Å². The Labute approximate surface area is 104 Å². The molecule has 0 bridgehead atoms. The summed E-state index contributed by atoms with van der Waals surface area (Å²) in [4.78, 5) is 11.5. The Hall–Kier alpha value is -2.51. The molecule has 0 fully saturated rings. The van der Waals surface area contributed by atoms with Gasteiger partial charge in [0.2, 0.25) is 5.88 Å². The summed E-state index contributed by atoms with van der Waals surface area (Å²) in [6.45, 7) is 0. The highest BCUT2D eigenvalue weighted by molar-refractivity contribution is 5.89. The lowest BCUT2D eigenvalue weighted by atomic mass is 10.2. The molecule has 19 heavy (non-hydrogen) atoms. The molecule has 0 saturated heterocycles. The number of anilines is 1. The van der Waals surface area contributed by atoms with Crippen LogP contribution >= 0.6 is 0 Å². The summed E-state index contributed by atoms with van der Waals surface area (Å²) in [6, 6.07) is 4.82. The number of aromatic nitrogens is 1. The predicted octanol–water partition coefficient (Wildman–Crippen LogP) is 2.49. The minimum Gasteiger partial charge on any atom is -0.422 e. The number of halogens is 3. The van der Waals surface area contributed by atoms with Gasteiger partial charge in [0.15, 0.2) is 5.69 Å². The van der Waals surface area contributed by atoms with Crippen LogP contribution in [0.3, 0.4) is 0 Å². The van der Waals surface area contributed by atoms with Crippen LogP contribution in [-0.2, 0) is 6.18 Å². The average molecular weight is 272 g/mol. The number of alkyl halides is 3. The molecule has 0 unspecified atom stereocenters. The zero-order valence-electron chi connectivity index (χ0n) is 9.27. The Bertz CT molecular complexity index is 590. The van der Waals surface area contributed by atoms with Crippen LogP contribution in [0, 0.1) is 0 Å². The summed E-state index contributed by atoms with van der Waals surface area (Å²) in [5, 5.41) is 3.31. The first-order chi connectivity index (χ1) is 8.86. The van der Waals surface area contributed by atoms with Crippen molar-refractivity contribution in [2.75, 3.05) is 5.73 Å². The molecule has 0 aliphatic carbocycles. The van der Waals surface area contributed by atoms with Gasteiger partial charge in [-0.3, -0.25) is 0 Å². The van der Waals surface area contributed by atoms with E-state index in [-0.39, 0.29) is 17.3 Å². The summed E-state index contributed by atoms with van der Waals surface area (Å²) >= 11 is 0. The van der Waals surface area contributed by atoms with E-state index >= 15 is 0 Å². The van der Waals surface area contributed by atoms with Crippen molar-refractivity contribution in [3.63, 3.8) is 0 Å². The molecule has 0 saturated carbocycles. The van der Waals surface area contributed by atoms with Crippen LogP contribution in [0.5, 0.6) is 5.75 Å². The molecule has 8 heteroatoms. The fourth-order valence-corrected chi connectivity index (χ4v) is 1.26. The molecule has 0 aliphatic heterocycles. The second kappa shape index (κ2) is 4.63. The minimum atomic E-state index is -4.44. The van der Waals surface area contributed by atoms with E-state index in [1.165, 1.54) is 0 Å². The topological polar surface area (TPSA) is 78.4 Å². The highest BCUT2D eigenvalue weighted by atomic mass is 19.4. The third-order valence-electron chi connectivity index (χ3n) is 2.13. The van der Waals surface area contributed by atoms with E-state index in [0.717, 1.165) is 30.3 Å².